The van der Waals surface area contributed by atoms with Gasteiger partial charge >= 0.3 is 0 Å². The number of aryl methyl sites for hydroxylation is 2. The quantitative estimate of drug-likeness (QED) is 0.793. The molecule has 1 aromatic heterocycles. The molecule has 1 heterocycles. The van der Waals surface area contributed by atoms with Crippen molar-refractivity contribution in [3.8, 4) is 0 Å². The molecule has 2 rings (SSSR count). The molecule has 0 amide bonds. The highest BCUT2D eigenvalue weighted by Crippen LogP contribution is 2.32. The average molecular weight is 193 g/mol. The van der Waals surface area contributed by atoms with Crippen LogP contribution in [0, 0.1) is 0 Å². The number of hydrogen-bond acceptors (Lipinski definition) is 2. The van der Waals surface area contributed by atoms with Crippen molar-refractivity contribution in [1.29, 1.82) is 0 Å². The van der Waals surface area contributed by atoms with Crippen LogP contribution in [0.2, 0.25) is 0 Å². The van der Waals surface area contributed by atoms with E-state index in [0.717, 1.165) is 25.9 Å². The topological polar surface area (TPSA) is 43.8 Å². The molecule has 1 atom stereocenters. The van der Waals surface area contributed by atoms with Crippen molar-refractivity contribution in [1.82, 2.24) is 9.78 Å². The first-order chi connectivity index (χ1) is 6.85. The number of aromatic nitrogens is 2. The second-order valence-corrected chi connectivity index (χ2v) is 4.05. The summed E-state index contributed by atoms with van der Waals surface area (Å²) in [7, 11) is 0. The van der Waals surface area contributed by atoms with E-state index in [1.165, 1.54) is 24.1 Å². The van der Waals surface area contributed by atoms with Gasteiger partial charge in [0, 0.05) is 12.7 Å². The third-order valence-electron chi connectivity index (χ3n) is 3.12. The van der Waals surface area contributed by atoms with Gasteiger partial charge in [-0.1, -0.05) is 0 Å². The monoisotopic (exact) mass is 193 g/mol. The van der Waals surface area contributed by atoms with Crippen LogP contribution in [0.1, 0.15) is 43.4 Å². The fourth-order valence-corrected chi connectivity index (χ4v) is 2.35. The second-order valence-electron chi connectivity index (χ2n) is 4.05. The van der Waals surface area contributed by atoms with Crippen LogP contribution in [0.5, 0.6) is 0 Å². The lowest BCUT2D eigenvalue weighted by atomic mass is 9.85. The van der Waals surface area contributed by atoms with Crippen molar-refractivity contribution in [3.63, 3.8) is 0 Å². The van der Waals surface area contributed by atoms with E-state index in [0.29, 0.717) is 5.92 Å². The largest absolute Gasteiger partial charge is 0.330 e. The molecule has 1 aliphatic carbocycles. The Hall–Kier alpha value is -0.830. The third-order valence-corrected chi connectivity index (χ3v) is 3.12. The van der Waals surface area contributed by atoms with E-state index in [4.69, 9.17) is 5.73 Å². The summed E-state index contributed by atoms with van der Waals surface area (Å²) in [5.74, 6) is 0.670. The first-order valence-corrected chi connectivity index (χ1v) is 5.61. The smallest absolute Gasteiger partial charge is 0.0659 e. The normalized spacial score (nSPS) is 20.9. The van der Waals surface area contributed by atoms with Gasteiger partial charge in [0.2, 0.25) is 0 Å². The molecule has 1 aliphatic rings. The summed E-state index contributed by atoms with van der Waals surface area (Å²) < 4.78 is 2.06. The van der Waals surface area contributed by atoms with Crippen LogP contribution in [0.3, 0.4) is 0 Å². The van der Waals surface area contributed by atoms with Crippen LogP contribution in [0.25, 0.3) is 0 Å². The second kappa shape index (κ2) is 4.13. The Labute approximate surface area is 85.3 Å². The van der Waals surface area contributed by atoms with Gasteiger partial charge in [-0.05, 0) is 50.6 Å². The number of rotatable bonds is 3. The highest BCUT2D eigenvalue weighted by Gasteiger charge is 2.22. The standard InChI is InChI=1S/C11H19N3/c1-2-14-8-10-9(6-7-12)4-3-5-11(10)13-14/h8-9H,2-7,12H2,1H3. The zero-order valence-electron chi connectivity index (χ0n) is 8.87. The van der Waals surface area contributed by atoms with Gasteiger partial charge in [0.05, 0.1) is 5.69 Å². The van der Waals surface area contributed by atoms with Crippen molar-refractivity contribution >= 4 is 0 Å². The lowest BCUT2D eigenvalue weighted by molar-refractivity contribution is 0.523. The molecule has 1 unspecified atom stereocenters. The van der Waals surface area contributed by atoms with Crippen LogP contribution in [0.15, 0.2) is 6.20 Å². The van der Waals surface area contributed by atoms with Crippen molar-refractivity contribution < 1.29 is 0 Å². The summed E-state index contributed by atoms with van der Waals surface area (Å²) in [5.41, 5.74) is 8.41. The maximum absolute atomic E-state index is 5.63. The fourth-order valence-electron chi connectivity index (χ4n) is 2.35. The van der Waals surface area contributed by atoms with Gasteiger partial charge in [0.1, 0.15) is 0 Å². The van der Waals surface area contributed by atoms with Crippen LogP contribution >= 0.6 is 0 Å². The van der Waals surface area contributed by atoms with Crippen LogP contribution < -0.4 is 5.73 Å². The summed E-state index contributed by atoms with van der Waals surface area (Å²) in [6.45, 7) is 3.90. The number of hydrogen-bond donors (Lipinski definition) is 1. The fraction of sp³-hybridized carbons (Fsp3) is 0.727. The molecule has 0 saturated carbocycles. The predicted octanol–water partition coefficient (Wildman–Crippen LogP) is 1.67. The molecule has 0 saturated heterocycles. The van der Waals surface area contributed by atoms with Gasteiger partial charge in [-0.25, -0.2) is 0 Å². The molecule has 1 aromatic rings. The Morgan fingerprint density at radius 3 is 3.21 bits per heavy atom. The van der Waals surface area contributed by atoms with Crippen molar-refractivity contribution in [2.75, 3.05) is 6.54 Å². The van der Waals surface area contributed by atoms with Crippen molar-refractivity contribution in [2.45, 2.75) is 45.1 Å². The predicted molar refractivity (Wildman–Crippen MR) is 57.3 cm³/mol. The van der Waals surface area contributed by atoms with E-state index in [9.17, 15) is 0 Å². The number of nitrogens with zero attached hydrogens (tertiary/aromatic N) is 2. The summed E-state index contributed by atoms with van der Waals surface area (Å²) >= 11 is 0. The Bertz CT molecular complexity index is 303. The minimum atomic E-state index is 0.670. The molecule has 0 bridgehead atoms. The van der Waals surface area contributed by atoms with E-state index in [2.05, 4.69) is 22.9 Å². The first-order valence-electron chi connectivity index (χ1n) is 5.61. The number of nitrogens with two attached hydrogens (primary N) is 1. The van der Waals surface area contributed by atoms with Crippen molar-refractivity contribution in [2.24, 2.45) is 5.73 Å². The zero-order valence-corrected chi connectivity index (χ0v) is 8.87. The minimum Gasteiger partial charge on any atom is -0.330 e. The molecule has 14 heavy (non-hydrogen) atoms. The molecule has 0 aliphatic heterocycles. The molecular formula is C11H19N3. The van der Waals surface area contributed by atoms with E-state index in [1.54, 1.807) is 0 Å². The zero-order chi connectivity index (χ0) is 9.97. The lowest BCUT2D eigenvalue weighted by Gasteiger charge is -2.20. The maximum Gasteiger partial charge on any atom is 0.0659 e. The summed E-state index contributed by atoms with van der Waals surface area (Å²) in [6.07, 6.45) is 7.05. The Balaban J connectivity index is 2.24. The molecule has 0 spiro atoms. The molecule has 78 valence electrons. The Morgan fingerprint density at radius 2 is 2.50 bits per heavy atom. The maximum atomic E-state index is 5.63. The SMILES string of the molecule is CCn1cc2c(n1)CCCC2CCN. The molecule has 0 radical (unpaired) electrons. The average Bonchev–Trinajstić information content (AvgIpc) is 2.62. The van der Waals surface area contributed by atoms with Gasteiger partial charge in [0.25, 0.3) is 0 Å². The van der Waals surface area contributed by atoms with E-state index in [1.807, 2.05) is 0 Å². The van der Waals surface area contributed by atoms with Crippen LogP contribution in [-0.4, -0.2) is 16.3 Å². The molecule has 0 fully saturated rings. The van der Waals surface area contributed by atoms with E-state index in [-0.39, 0.29) is 0 Å². The summed E-state index contributed by atoms with van der Waals surface area (Å²) in [6, 6.07) is 0. The first kappa shape index (κ1) is 9.71. The summed E-state index contributed by atoms with van der Waals surface area (Å²) in [4.78, 5) is 0. The van der Waals surface area contributed by atoms with Gasteiger partial charge in [-0.15, -0.1) is 0 Å². The third kappa shape index (κ3) is 1.69. The summed E-state index contributed by atoms with van der Waals surface area (Å²) in [5, 5.41) is 4.58. The molecular weight excluding hydrogens is 174 g/mol. The highest BCUT2D eigenvalue weighted by atomic mass is 15.3. The van der Waals surface area contributed by atoms with Crippen molar-refractivity contribution in [3.05, 3.63) is 17.5 Å². The van der Waals surface area contributed by atoms with Gasteiger partial charge < -0.3 is 5.73 Å². The lowest BCUT2D eigenvalue weighted by Crippen LogP contribution is -2.12. The van der Waals surface area contributed by atoms with Gasteiger partial charge in [-0.3, -0.25) is 4.68 Å². The number of fused-ring (bicyclic) bond motifs is 1. The van der Waals surface area contributed by atoms with Gasteiger partial charge in [0.15, 0.2) is 0 Å². The van der Waals surface area contributed by atoms with Gasteiger partial charge in [-0.2, -0.15) is 5.10 Å². The highest BCUT2D eigenvalue weighted by molar-refractivity contribution is 5.24. The molecule has 0 aromatic carbocycles. The minimum absolute atomic E-state index is 0.670. The Kier molecular flexibility index (Phi) is 2.87. The van der Waals surface area contributed by atoms with Crippen LogP contribution in [0.4, 0.5) is 0 Å². The molecule has 3 nitrogen and oxygen atoms in total. The molecule has 2 N–H and O–H groups in total. The van der Waals surface area contributed by atoms with Crippen LogP contribution in [-0.2, 0) is 13.0 Å². The van der Waals surface area contributed by atoms with E-state index < -0.39 is 0 Å². The Morgan fingerprint density at radius 1 is 1.64 bits per heavy atom. The van der Waals surface area contributed by atoms with E-state index >= 15 is 0 Å². The molecule has 3 heteroatoms.